The van der Waals surface area contributed by atoms with Gasteiger partial charge in [-0.25, -0.2) is 4.98 Å². The van der Waals surface area contributed by atoms with Crippen molar-refractivity contribution >= 4 is 28.3 Å². The van der Waals surface area contributed by atoms with Crippen molar-refractivity contribution in [2.45, 2.75) is 13.5 Å². The molecule has 0 spiro atoms. The molecule has 1 aromatic carbocycles. The lowest BCUT2D eigenvalue weighted by atomic mass is 10.2. The van der Waals surface area contributed by atoms with Gasteiger partial charge in [-0.05, 0) is 41.6 Å². The van der Waals surface area contributed by atoms with Crippen LogP contribution in [0.3, 0.4) is 0 Å². The first-order valence-electron chi connectivity index (χ1n) is 5.33. The molecule has 0 saturated carbocycles. The van der Waals surface area contributed by atoms with Crippen LogP contribution in [0.4, 0.5) is 5.69 Å². The monoisotopic (exact) mass is 354 g/mol. The molecule has 2 aromatic rings. The fourth-order valence-corrected chi connectivity index (χ4v) is 2.28. The number of rotatable bonds is 3. The zero-order valence-electron chi connectivity index (χ0n) is 9.72. The van der Waals surface area contributed by atoms with Crippen molar-refractivity contribution in [2.75, 3.05) is 5.73 Å². The Morgan fingerprint density at radius 3 is 2.94 bits per heavy atom. The third-order valence-corrected chi connectivity index (χ3v) is 3.21. The number of nitrogens with zero attached hydrogens (tertiary/aromatic N) is 3. The van der Waals surface area contributed by atoms with E-state index in [4.69, 9.17) is 15.7 Å². The summed E-state index contributed by atoms with van der Waals surface area (Å²) >= 11 is 2.09. The van der Waals surface area contributed by atoms with Gasteiger partial charge >= 0.3 is 6.01 Å². The predicted molar refractivity (Wildman–Crippen MR) is 76.3 cm³/mol. The fourth-order valence-electron chi connectivity index (χ4n) is 1.52. The third-order valence-electron chi connectivity index (χ3n) is 2.41. The molecule has 0 unspecified atom stereocenters. The quantitative estimate of drug-likeness (QED) is 0.679. The molecule has 0 aliphatic heterocycles. The Bertz CT molecular complexity index is 592. The summed E-state index contributed by atoms with van der Waals surface area (Å²) in [5.74, 6) is 0.538. The van der Waals surface area contributed by atoms with E-state index < -0.39 is 0 Å². The van der Waals surface area contributed by atoms with E-state index in [2.05, 4.69) is 33.6 Å². The molecule has 1 aromatic heterocycles. The highest BCUT2D eigenvalue weighted by atomic mass is 127. The van der Waals surface area contributed by atoms with Gasteiger partial charge in [-0.1, -0.05) is 0 Å². The highest BCUT2D eigenvalue weighted by Gasteiger charge is 2.12. The van der Waals surface area contributed by atoms with Crippen molar-refractivity contribution in [3.05, 3.63) is 33.7 Å². The first kappa shape index (κ1) is 12.7. The Kier molecular flexibility index (Phi) is 3.72. The van der Waals surface area contributed by atoms with Crippen LogP contribution in [0, 0.1) is 14.9 Å². The van der Waals surface area contributed by atoms with Crippen molar-refractivity contribution in [1.82, 2.24) is 9.55 Å². The van der Waals surface area contributed by atoms with Crippen molar-refractivity contribution in [3.8, 4) is 17.8 Å². The SMILES string of the molecule is CCn1ccnc1Oc1c(N)cc(C#N)cc1I. The van der Waals surface area contributed by atoms with Crippen molar-refractivity contribution in [2.24, 2.45) is 0 Å². The van der Waals surface area contributed by atoms with Gasteiger partial charge < -0.3 is 15.0 Å². The van der Waals surface area contributed by atoms with E-state index in [-0.39, 0.29) is 0 Å². The molecule has 2 rings (SSSR count). The summed E-state index contributed by atoms with van der Waals surface area (Å²) in [7, 11) is 0. The van der Waals surface area contributed by atoms with Crippen LogP contribution in [0.2, 0.25) is 0 Å². The summed E-state index contributed by atoms with van der Waals surface area (Å²) in [6.45, 7) is 2.77. The van der Waals surface area contributed by atoms with Crippen molar-refractivity contribution in [1.29, 1.82) is 5.26 Å². The van der Waals surface area contributed by atoms with Crippen molar-refractivity contribution < 1.29 is 4.74 Å². The predicted octanol–water partition coefficient (Wildman–Crippen LogP) is 2.75. The maximum absolute atomic E-state index is 8.85. The molecular formula is C12H11IN4O. The number of nitrogens with two attached hydrogens (primary N) is 1. The van der Waals surface area contributed by atoms with Crippen LogP contribution in [0.25, 0.3) is 0 Å². The zero-order chi connectivity index (χ0) is 13.1. The minimum Gasteiger partial charge on any atom is -0.422 e. The number of benzene rings is 1. The van der Waals surface area contributed by atoms with E-state index in [1.165, 1.54) is 0 Å². The number of ether oxygens (including phenoxy) is 1. The number of nitriles is 1. The lowest BCUT2D eigenvalue weighted by Crippen LogP contribution is -2.01. The maximum atomic E-state index is 8.85. The lowest BCUT2D eigenvalue weighted by molar-refractivity contribution is 0.414. The Balaban J connectivity index is 2.38. The summed E-state index contributed by atoms with van der Waals surface area (Å²) in [6, 6.07) is 5.87. The molecule has 2 N–H and O–H groups in total. The molecule has 0 aliphatic carbocycles. The molecule has 0 aliphatic rings. The van der Waals surface area contributed by atoms with Gasteiger partial charge in [0, 0.05) is 18.9 Å². The number of hydrogen-bond donors (Lipinski definition) is 1. The zero-order valence-corrected chi connectivity index (χ0v) is 11.9. The fraction of sp³-hybridized carbons (Fsp3) is 0.167. The molecular weight excluding hydrogens is 343 g/mol. The van der Waals surface area contributed by atoms with Crippen LogP contribution < -0.4 is 10.5 Å². The van der Waals surface area contributed by atoms with Crippen molar-refractivity contribution in [3.63, 3.8) is 0 Å². The van der Waals surface area contributed by atoms with Gasteiger partial charge in [0.05, 0.1) is 20.9 Å². The van der Waals surface area contributed by atoms with Crippen LogP contribution in [-0.4, -0.2) is 9.55 Å². The molecule has 0 bridgehead atoms. The molecule has 0 fully saturated rings. The lowest BCUT2D eigenvalue weighted by Gasteiger charge is -2.11. The summed E-state index contributed by atoms with van der Waals surface area (Å²) in [5, 5.41) is 8.85. The second-order valence-electron chi connectivity index (χ2n) is 3.59. The normalized spacial score (nSPS) is 10.1. The van der Waals surface area contributed by atoms with Gasteiger partial charge in [0.1, 0.15) is 0 Å². The third kappa shape index (κ3) is 2.41. The van der Waals surface area contributed by atoms with Gasteiger partial charge in [-0.3, -0.25) is 0 Å². The summed E-state index contributed by atoms with van der Waals surface area (Å²) < 4.78 is 8.37. The summed E-state index contributed by atoms with van der Waals surface area (Å²) in [6.07, 6.45) is 3.51. The molecule has 0 radical (unpaired) electrons. The summed E-state index contributed by atoms with van der Waals surface area (Å²) in [5.41, 5.74) is 6.84. The average Bonchev–Trinajstić information content (AvgIpc) is 2.80. The number of hydrogen-bond acceptors (Lipinski definition) is 4. The Hall–Kier alpha value is -1.75. The van der Waals surface area contributed by atoms with Gasteiger partial charge in [0.15, 0.2) is 5.75 Å². The number of halogens is 1. The van der Waals surface area contributed by atoms with E-state index >= 15 is 0 Å². The molecule has 0 atom stereocenters. The smallest absolute Gasteiger partial charge is 0.301 e. The first-order chi connectivity index (χ1) is 8.65. The average molecular weight is 354 g/mol. The number of imidazole rings is 1. The minimum atomic E-state index is 0.434. The van der Waals surface area contributed by atoms with Gasteiger partial charge in [0.2, 0.25) is 0 Å². The maximum Gasteiger partial charge on any atom is 0.301 e. The van der Waals surface area contributed by atoms with E-state index in [0.717, 1.165) is 10.1 Å². The first-order valence-corrected chi connectivity index (χ1v) is 6.41. The van der Waals surface area contributed by atoms with Crippen LogP contribution in [0.15, 0.2) is 24.5 Å². The molecule has 5 nitrogen and oxygen atoms in total. The van der Waals surface area contributed by atoms with Gasteiger partial charge in [0.25, 0.3) is 0 Å². The van der Waals surface area contributed by atoms with Gasteiger partial charge in [-0.2, -0.15) is 5.26 Å². The second-order valence-corrected chi connectivity index (χ2v) is 4.75. The number of aryl methyl sites for hydroxylation is 1. The second kappa shape index (κ2) is 5.27. The Morgan fingerprint density at radius 2 is 2.33 bits per heavy atom. The molecule has 18 heavy (non-hydrogen) atoms. The topological polar surface area (TPSA) is 76.9 Å². The number of anilines is 1. The van der Waals surface area contributed by atoms with Crippen LogP contribution in [0.5, 0.6) is 11.8 Å². The number of nitrogen functional groups attached to an aromatic ring is 1. The van der Waals surface area contributed by atoms with E-state index in [0.29, 0.717) is 23.0 Å². The molecule has 6 heteroatoms. The largest absolute Gasteiger partial charge is 0.422 e. The Labute approximate surface area is 118 Å². The van der Waals surface area contributed by atoms with Crippen LogP contribution >= 0.6 is 22.6 Å². The van der Waals surface area contributed by atoms with Crippen LogP contribution in [0.1, 0.15) is 12.5 Å². The molecule has 1 heterocycles. The van der Waals surface area contributed by atoms with E-state index in [9.17, 15) is 0 Å². The minimum absolute atomic E-state index is 0.434. The molecule has 92 valence electrons. The van der Waals surface area contributed by atoms with E-state index in [1.54, 1.807) is 18.3 Å². The Morgan fingerprint density at radius 1 is 1.56 bits per heavy atom. The van der Waals surface area contributed by atoms with Gasteiger partial charge in [-0.15, -0.1) is 0 Å². The highest BCUT2D eigenvalue weighted by Crippen LogP contribution is 2.32. The van der Waals surface area contributed by atoms with Crippen LogP contribution in [-0.2, 0) is 6.54 Å². The van der Waals surface area contributed by atoms with E-state index in [1.807, 2.05) is 17.7 Å². The molecule has 0 amide bonds. The summed E-state index contributed by atoms with van der Waals surface area (Å²) in [4.78, 5) is 4.12. The highest BCUT2D eigenvalue weighted by molar-refractivity contribution is 14.1. The molecule has 0 saturated heterocycles. The standard InChI is InChI=1S/C12H11IN4O/c1-2-17-4-3-16-12(17)18-11-9(13)5-8(7-14)6-10(11)15/h3-6H,2,15H2,1H3. The number of aromatic nitrogens is 2.